The second-order valence-electron chi connectivity index (χ2n) is 9.46. The Bertz CT molecular complexity index is 1190. The highest BCUT2D eigenvalue weighted by molar-refractivity contribution is 6.02. The van der Waals surface area contributed by atoms with E-state index in [9.17, 15) is 14.7 Å². The van der Waals surface area contributed by atoms with Gasteiger partial charge < -0.3 is 15.7 Å². The predicted octanol–water partition coefficient (Wildman–Crippen LogP) is 2.32. The standard InChI is InChI=1S/C24H29N7O3/c1-13-20(14(2)30-29-13)18-9-8-17(12-25-18)27-23(33)24(34,21(15-4-5-15)16-6-7-16)28-22(32)19-10-11-26-31(19)3/h8-12,15-16,21,34H,4-7H2,1-3H3,(H,27,33)(H,28,32)(H,29,30)/t24-/m0/s1. The molecule has 178 valence electrons. The first kappa shape index (κ1) is 22.3. The van der Waals surface area contributed by atoms with Crippen molar-refractivity contribution in [1.82, 2.24) is 30.3 Å². The van der Waals surface area contributed by atoms with E-state index in [2.05, 4.69) is 30.9 Å². The van der Waals surface area contributed by atoms with Crippen LogP contribution in [0.1, 0.15) is 47.6 Å². The summed E-state index contributed by atoms with van der Waals surface area (Å²) in [6, 6.07) is 5.09. The fraction of sp³-hybridized carbons (Fsp3) is 0.458. The van der Waals surface area contributed by atoms with Crippen LogP contribution in [0.2, 0.25) is 0 Å². The summed E-state index contributed by atoms with van der Waals surface area (Å²) < 4.78 is 1.42. The first-order valence-corrected chi connectivity index (χ1v) is 11.6. The van der Waals surface area contributed by atoms with E-state index in [1.54, 1.807) is 31.4 Å². The van der Waals surface area contributed by atoms with Gasteiger partial charge in [-0.3, -0.25) is 24.4 Å². The molecule has 0 unspecified atom stereocenters. The number of pyridine rings is 1. The molecule has 0 saturated heterocycles. The minimum Gasteiger partial charge on any atom is -0.363 e. The summed E-state index contributed by atoms with van der Waals surface area (Å²) in [7, 11) is 1.64. The molecule has 10 heteroatoms. The summed E-state index contributed by atoms with van der Waals surface area (Å²) in [5, 5.41) is 28.4. The van der Waals surface area contributed by atoms with Gasteiger partial charge in [0, 0.05) is 30.4 Å². The highest BCUT2D eigenvalue weighted by Crippen LogP contribution is 2.53. The number of aromatic amines is 1. The van der Waals surface area contributed by atoms with Crippen LogP contribution in [0.15, 0.2) is 30.6 Å². The molecular formula is C24H29N7O3. The van der Waals surface area contributed by atoms with E-state index >= 15 is 0 Å². The monoisotopic (exact) mass is 463 g/mol. The summed E-state index contributed by atoms with van der Waals surface area (Å²) >= 11 is 0. The molecule has 10 nitrogen and oxygen atoms in total. The van der Waals surface area contributed by atoms with Gasteiger partial charge in [-0.05, 0) is 69.6 Å². The van der Waals surface area contributed by atoms with Gasteiger partial charge in [-0.25, -0.2) is 0 Å². The van der Waals surface area contributed by atoms with Crippen molar-refractivity contribution in [3.05, 3.63) is 47.7 Å². The van der Waals surface area contributed by atoms with Crippen LogP contribution in [0, 0.1) is 31.6 Å². The van der Waals surface area contributed by atoms with Crippen LogP contribution in [0.5, 0.6) is 0 Å². The van der Waals surface area contributed by atoms with Gasteiger partial charge >= 0.3 is 0 Å². The zero-order valence-electron chi connectivity index (χ0n) is 19.5. The lowest BCUT2D eigenvalue weighted by atomic mass is 9.85. The zero-order valence-corrected chi connectivity index (χ0v) is 19.5. The summed E-state index contributed by atoms with van der Waals surface area (Å²) in [5.74, 6) is -1.11. The van der Waals surface area contributed by atoms with Crippen LogP contribution >= 0.6 is 0 Å². The van der Waals surface area contributed by atoms with Gasteiger partial charge in [0.05, 0.1) is 23.3 Å². The number of H-pyrrole nitrogens is 1. The molecule has 34 heavy (non-hydrogen) atoms. The molecule has 5 rings (SSSR count). The average molecular weight is 464 g/mol. The second kappa shape index (κ2) is 8.35. The maximum absolute atomic E-state index is 13.5. The summed E-state index contributed by atoms with van der Waals surface area (Å²) in [5.41, 5.74) is 2.06. The summed E-state index contributed by atoms with van der Waals surface area (Å²) in [6.45, 7) is 3.82. The Morgan fingerprint density at radius 2 is 1.88 bits per heavy atom. The normalized spacial score (nSPS) is 17.4. The van der Waals surface area contributed by atoms with Crippen LogP contribution in [0.4, 0.5) is 5.69 Å². The molecule has 2 aliphatic rings. The molecule has 2 aliphatic carbocycles. The Balaban J connectivity index is 1.40. The smallest absolute Gasteiger partial charge is 0.277 e. The van der Waals surface area contributed by atoms with Gasteiger partial charge in [-0.15, -0.1) is 0 Å². The minimum absolute atomic E-state index is 0.211. The number of nitrogens with one attached hydrogen (secondary N) is 3. The Morgan fingerprint density at radius 1 is 1.18 bits per heavy atom. The van der Waals surface area contributed by atoms with Crippen LogP contribution in [-0.4, -0.2) is 47.6 Å². The van der Waals surface area contributed by atoms with E-state index in [1.165, 1.54) is 10.9 Å². The molecule has 3 heterocycles. The molecule has 4 N–H and O–H groups in total. The Hall–Kier alpha value is -3.53. The molecule has 0 aromatic carbocycles. The maximum Gasteiger partial charge on any atom is 0.277 e. The number of amides is 2. The fourth-order valence-corrected chi connectivity index (χ4v) is 4.87. The SMILES string of the molecule is Cc1n[nH]c(C)c1-c1ccc(NC(=O)[C@](O)(NC(=O)c2ccnn2C)C(C2CC2)C2CC2)cn1. The third-order valence-electron chi connectivity index (χ3n) is 6.85. The molecule has 2 amide bonds. The first-order chi connectivity index (χ1) is 16.3. The lowest BCUT2D eigenvalue weighted by Gasteiger charge is -2.36. The number of aliphatic hydroxyl groups is 1. The van der Waals surface area contributed by atoms with Crippen LogP contribution in [-0.2, 0) is 11.8 Å². The Morgan fingerprint density at radius 3 is 2.38 bits per heavy atom. The van der Waals surface area contributed by atoms with E-state index in [-0.39, 0.29) is 23.4 Å². The second-order valence-corrected chi connectivity index (χ2v) is 9.46. The average Bonchev–Trinajstić information content (AvgIpc) is 3.73. The summed E-state index contributed by atoms with van der Waals surface area (Å²) in [6.07, 6.45) is 6.82. The maximum atomic E-state index is 13.5. The van der Waals surface area contributed by atoms with Crippen molar-refractivity contribution in [2.75, 3.05) is 5.32 Å². The molecule has 3 aromatic rings. The number of anilines is 1. The van der Waals surface area contributed by atoms with Crippen molar-refractivity contribution in [3.8, 4) is 11.3 Å². The van der Waals surface area contributed by atoms with Gasteiger partial charge in [0.1, 0.15) is 5.69 Å². The summed E-state index contributed by atoms with van der Waals surface area (Å²) in [4.78, 5) is 31.0. The van der Waals surface area contributed by atoms with E-state index in [0.29, 0.717) is 5.69 Å². The number of rotatable bonds is 8. The molecule has 0 radical (unpaired) electrons. The molecule has 2 saturated carbocycles. The van der Waals surface area contributed by atoms with E-state index in [0.717, 1.165) is 48.3 Å². The number of carbonyl (C=O) groups excluding carboxylic acids is 2. The Kier molecular flexibility index (Phi) is 5.47. The van der Waals surface area contributed by atoms with Crippen molar-refractivity contribution in [2.24, 2.45) is 24.8 Å². The fourth-order valence-electron chi connectivity index (χ4n) is 4.87. The highest BCUT2D eigenvalue weighted by Gasteiger charge is 2.57. The highest BCUT2D eigenvalue weighted by atomic mass is 16.3. The largest absolute Gasteiger partial charge is 0.363 e. The number of nitrogens with zero attached hydrogens (tertiary/aromatic N) is 4. The molecular weight excluding hydrogens is 434 g/mol. The number of carbonyl (C=O) groups is 2. The van der Waals surface area contributed by atoms with Gasteiger partial charge in [-0.2, -0.15) is 10.2 Å². The van der Waals surface area contributed by atoms with Crippen LogP contribution in [0.25, 0.3) is 11.3 Å². The van der Waals surface area contributed by atoms with Gasteiger partial charge in [0.15, 0.2) is 0 Å². The van der Waals surface area contributed by atoms with E-state index < -0.39 is 17.5 Å². The minimum atomic E-state index is -2.04. The first-order valence-electron chi connectivity index (χ1n) is 11.6. The number of aromatic nitrogens is 5. The predicted molar refractivity (Wildman–Crippen MR) is 124 cm³/mol. The lowest BCUT2D eigenvalue weighted by molar-refractivity contribution is -0.146. The number of hydrogen-bond donors (Lipinski definition) is 4. The molecule has 0 bridgehead atoms. The van der Waals surface area contributed by atoms with Crippen molar-refractivity contribution < 1.29 is 14.7 Å². The quantitative estimate of drug-likeness (QED) is 0.378. The topological polar surface area (TPSA) is 138 Å². The van der Waals surface area contributed by atoms with Crippen molar-refractivity contribution in [2.45, 2.75) is 45.3 Å². The molecule has 3 aromatic heterocycles. The van der Waals surface area contributed by atoms with Crippen LogP contribution in [0.3, 0.4) is 0 Å². The van der Waals surface area contributed by atoms with Gasteiger partial charge in [0.2, 0.25) is 5.72 Å². The lowest BCUT2D eigenvalue weighted by Crippen LogP contribution is -2.62. The Labute approximate surface area is 197 Å². The van der Waals surface area contributed by atoms with E-state index in [1.807, 2.05) is 13.8 Å². The third kappa shape index (κ3) is 4.09. The van der Waals surface area contributed by atoms with Gasteiger partial charge in [-0.1, -0.05) is 0 Å². The van der Waals surface area contributed by atoms with Gasteiger partial charge in [0.25, 0.3) is 11.8 Å². The molecule has 0 aliphatic heterocycles. The third-order valence-corrected chi connectivity index (χ3v) is 6.85. The van der Waals surface area contributed by atoms with Crippen LogP contribution < -0.4 is 10.6 Å². The zero-order chi connectivity index (χ0) is 24.0. The number of aryl methyl sites for hydroxylation is 3. The van der Waals surface area contributed by atoms with Crippen molar-refractivity contribution >= 4 is 17.5 Å². The van der Waals surface area contributed by atoms with Crippen molar-refractivity contribution in [3.63, 3.8) is 0 Å². The molecule has 0 spiro atoms. The molecule has 1 atom stereocenters. The molecule has 2 fully saturated rings. The van der Waals surface area contributed by atoms with Crippen molar-refractivity contribution in [1.29, 1.82) is 0 Å². The van der Waals surface area contributed by atoms with E-state index in [4.69, 9.17) is 0 Å². The number of hydrogen-bond acceptors (Lipinski definition) is 6.